The first-order valence-electron chi connectivity index (χ1n) is 6.96. The lowest BCUT2D eigenvalue weighted by molar-refractivity contribution is 0.568. The molecule has 0 aliphatic heterocycles. The van der Waals surface area contributed by atoms with E-state index in [1.54, 1.807) is 17.4 Å². The average molecular weight is 343 g/mol. The molecule has 0 aliphatic rings. The van der Waals surface area contributed by atoms with Crippen molar-refractivity contribution >= 4 is 34.5 Å². The van der Waals surface area contributed by atoms with Gasteiger partial charge in [0.2, 0.25) is 0 Å². The van der Waals surface area contributed by atoms with Crippen molar-refractivity contribution in [3.63, 3.8) is 0 Å². The third-order valence-corrected chi connectivity index (χ3v) is 4.62. The molecule has 0 atom stereocenters. The van der Waals surface area contributed by atoms with Crippen molar-refractivity contribution in [2.75, 3.05) is 6.54 Å². The lowest BCUT2D eigenvalue weighted by atomic mass is 9.93. The van der Waals surface area contributed by atoms with Crippen LogP contribution in [0, 0.1) is 0 Å². The van der Waals surface area contributed by atoms with Crippen LogP contribution in [0.4, 0.5) is 0 Å². The Balaban J connectivity index is 1.81. The van der Waals surface area contributed by atoms with Gasteiger partial charge in [0.1, 0.15) is 5.01 Å². The molecule has 0 aliphatic carbocycles. The van der Waals surface area contributed by atoms with Crippen LogP contribution in [-0.4, -0.2) is 11.5 Å². The maximum Gasteiger partial charge on any atom is 0.107 e. The molecule has 0 amide bonds. The average Bonchev–Trinajstić information content (AvgIpc) is 2.85. The Morgan fingerprint density at radius 2 is 2.00 bits per heavy atom. The van der Waals surface area contributed by atoms with E-state index < -0.39 is 0 Å². The summed E-state index contributed by atoms with van der Waals surface area (Å²) in [7, 11) is 0. The second-order valence-electron chi connectivity index (χ2n) is 6.04. The highest BCUT2D eigenvalue weighted by Gasteiger charge is 2.17. The number of aromatic nitrogens is 1. The summed E-state index contributed by atoms with van der Waals surface area (Å²) in [5, 5.41) is 8.09. The number of hydrogen-bond acceptors (Lipinski definition) is 3. The first-order chi connectivity index (χ1) is 9.86. The van der Waals surface area contributed by atoms with Gasteiger partial charge < -0.3 is 5.32 Å². The van der Waals surface area contributed by atoms with Gasteiger partial charge in [-0.1, -0.05) is 50.0 Å². The van der Waals surface area contributed by atoms with Crippen LogP contribution in [0.3, 0.4) is 0 Å². The molecule has 5 heteroatoms. The summed E-state index contributed by atoms with van der Waals surface area (Å²) in [6.45, 7) is 8.21. The number of rotatable bonds is 5. The maximum absolute atomic E-state index is 6.16. The molecule has 0 bridgehead atoms. The highest BCUT2D eigenvalue weighted by atomic mass is 35.5. The van der Waals surface area contributed by atoms with Crippen molar-refractivity contribution in [3.05, 3.63) is 49.9 Å². The van der Waals surface area contributed by atoms with Crippen molar-refractivity contribution in [1.29, 1.82) is 0 Å². The molecule has 0 radical (unpaired) electrons. The molecule has 1 aromatic heterocycles. The molecule has 1 heterocycles. The van der Waals surface area contributed by atoms with Crippen LogP contribution in [0.2, 0.25) is 10.0 Å². The molecular formula is C16H20Cl2N2S. The van der Waals surface area contributed by atoms with Crippen molar-refractivity contribution in [1.82, 2.24) is 10.3 Å². The fourth-order valence-electron chi connectivity index (χ4n) is 1.88. The first kappa shape index (κ1) is 16.8. The minimum absolute atomic E-state index is 0.117. The molecule has 0 saturated carbocycles. The van der Waals surface area contributed by atoms with Gasteiger partial charge in [0.15, 0.2) is 0 Å². The highest BCUT2D eigenvalue weighted by Crippen LogP contribution is 2.24. The van der Waals surface area contributed by atoms with E-state index in [9.17, 15) is 0 Å². The van der Waals surface area contributed by atoms with Crippen LogP contribution < -0.4 is 5.32 Å². The monoisotopic (exact) mass is 342 g/mol. The summed E-state index contributed by atoms with van der Waals surface area (Å²) in [5.74, 6) is 0. The van der Waals surface area contributed by atoms with Gasteiger partial charge in [-0.3, -0.25) is 0 Å². The predicted molar refractivity (Wildman–Crippen MR) is 92.7 cm³/mol. The maximum atomic E-state index is 6.16. The molecule has 114 valence electrons. The molecule has 0 unspecified atom stereocenters. The number of benzene rings is 1. The minimum atomic E-state index is 0.117. The Labute approximate surface area is 140 Å². The molecule has 2 nitrogen and oxygen atoms in total. The summed E-state index contributed by atoms with van der Waals surface area (Å²) >= 11 is 13.8. The number of nitrogens with one attached hydrogen (secondary N) is 1. The number of thiazole rings is 1. The number of hydrogen-bond donors (Lipinski definition) is 1. The zero-order valence-corrected chi connectivity index (χ0v) is 14.9. The quantitative estimate of drug-likeness (QED) is 0.766. The van der Waals surface area contributed by atoms with Crippen LogP contribution in [0.15, 0.2) is 23.6 Å². The summed E-state index contributed by atoms with van der Waals surface area (Å²) in [6.07, 6.45) is 0.882. The van der Waals surface area contributed by atoms with Crippen molar-refractivity contribution in [2.45, 2.75) is 39.2 Å². The molecule has 21 heavy (non-hydrogen) atoms. The van der Waals surface area contributed by atoms with Gasteiger partial charge in [0.05, 0.1) is 5.69 Å². The van der Waals surface area contributed by atoms with Gasteiger partial charge in [0.25, 0.3) is 0 Å². The molecule has 0 fully saturated rings. The Hall–Kier alpha value is -0.610. The predicted octanol–water partition coefficient (Wildman–Crippen LogP) is 5.08. The highest BCUT2D eigenvalue weighted by molar-refractivity contribution is 7.09. The minimum Gasteiger partial charge on any atom is -0.310 e. The second kappa shape index (κ2) is 7.10. The van der Waals surface area contributed by atoms with Gasteiger partial charge in [-0.15, -0.1) is 11.3 Å². The zero-order chi connectivity index (χ0) is 15.5. The smallest absolute Gasteiger partial charge is 0.107 e. The molecule has 1 N–H and O–H groups in total. The van der Waals surface area contributed by atoms with E-state index in [0.29, 0.717) is 5.02 Å². The van der Waals surface area contributed by atoms with Crippen molar-refractivity contribution in [3.8, 4) is 0 Å². The third-order valence-electron chi connectivity index (χ3n) is 3.18. The molecule has 2 rings (SSSR count). The van der Waals surface area contributed by atoms with E-state index in [0.717, 1.165) is 40.8 Å². The normalized spacial score (nSPS) is 11.9. The summed E-state index contributed by atoms with van der Waals surface area (Å²) < 4.78 is 0. The van der Waals surface area contributed by atoms with E-state index in [2.05, 4.69) is 36.5 Å². The summed E-state index contributed by atoms with van der Waals surface area (Å²) in [6, 6.07) is 5.64. The van der Waals surface area contributed by atoms with Crippen LogP contribution in [0.25, 0.3) is 0 Å². The standard InChI is InChI=1S/C16H20Cl2N2S/c1-16(2,3)14-10-21-15(20-14)9-19-7-6-11-4-5-12(17)8-13(11)18/h4-5,8,10,19H,6-7,9H2,1-3H3. The fraction of sp³-hybridized carbons (Fsp3) is 0.438. The molecule has 2 aromatic rings. The summed E-state index contributed by atoms with van der Waals surface area (Å²) in [5.41, 5.74) is 2.39. The van der Waals surface area contributed by atoms with E-state index in [1.807, 2.05) is 12.1 Å². The number of halogens is 2. The first-order valence-corrected chi connectivity index (χ1v) is 8.59. The van der Waals surface area contributed by atoms with Crippen molar-refractivity contribution in [2.24, 2.45) is 0 Å². The van der Waals surface area contributed by atoms with E-state index in [-0.39, 0.29) is 5.41 Å². The summed E-state index contributed by atoms with van der Waals surface area (Å²) in [4.78, 5) is 4.67. The van der Waals surface area contributed by atoms with Gasteiger partial charge in [-0.25, -0.2) is 4.98 Å². The molecule has 0 saturated heterocycles. The lowest BCUT2D eigenvalue weighted by Crippen LogP contribution is -2.17. The fourth-order valence-corrected chi connectivity index (χ4v) is 3.37. The van der Waals surface area contributed by atoms with Crippen molar-refractivity contribution < 1.29 is 0 Å². The van der Waals surface area contributed by atoms with Gasteiger partial charge in [-0.05, 0) is 30.7 Å². The van der Waals surface area contributed by atoms with Gasteiger partial charge >= 0.3 is 0 Å². The van der Waals surface area contributed by atoms with Crippen LogP contribution >= 0.6 is 34.5 Å². The Kier molecular flexibility index (Phi) is 5.67. The number of nitrogens with zero attached hydrogens (tertiary/aromatic N) is 1. The van der Waals surface area contributed by atoms with Crippen LogP contribution in [-0.2, 0) is 18.4 Å². The molecule has 1 aromatic carbocycles. The zero-order valence-electron chi connectivity index (χ0n) is 12.5. The van der Waals surface area contributed by atoms with Gasteiger partial charge in [-0.2, -0.15) is 0 Å². The topological polar surface area (TPSA) is 24.9 Å². The Morgan fingerprint density at radius 1 is 1.24 bits per heavy atom. The SMILES string of the molecule is CC(C)(C)c1csc(CNCCc2ccc(Cl)cc2Cl)n1. The second-order valence-corrected chi connectivity index (χ2v) is 7.83. The van der Waals surface area contributed by atoms with Gasteiger partial charge in [0, 0.05) is 27.4 Å². The lowest BCUT2D eigenvalue weighted by Gasteiger charge is -2.14. The third kappa shape index (κ3) is 4.96. The van der Waals surface area contributed by atoms with Crippen LogP contribution in [0.1, 0.15) is 37.0 Å². The largest absolute Gasteiger partial charge is 0.310 e. The molecule has 0 spiro atoms. The Morgan fingerprint density at radius 3 is 2.62 bits per heavy atom. The Bertz CT molecular complexity index is 603. The van der Waals surface area contributed by atoms with Crippen LogP contribution in [0.5, 0.6) is 0 Å². The molecular weight excluding hydrogens is 323 g/mol. The van der Waals surface area contributed by atoms with E-state index in [4.69, 9.17) is 23.2 Å². The van der Waals surface area contributed by atoms with E-state index in [1.165, 1.54) is 0 Å². The van der Waals surface area contributed by atoms with E-state index >= 15 is 0 Å².